The third kappa shape index (κ3) is 2.80. The summed E-state index contributed by atoms with van der Waals surface area (Å²) in [6.45, 7) is 1.99. The fourth-order valence-corrected chi connectivity index (χ4v) is 2.10. The maximum absolute atomic E-state index is 5.89. The highest BCUT2D eigenvalue weighted by atomic mass is 15.1. The zero-order chi connectivity index (χ0) is 15.5. The summed E-state index contributed by atoms with van der Waals surface area (Å²) in [6.07, 6.45) is 3.33. The first-order valence-electron chi connectivity index (χ1n) is 6.80. The number of aromatic nitrogens is 3. The summed E-state index contributed by atoms with van der Waals surface area (Å²) < 4.78 is 0. The van der Waals surface area contributed by atoms with Gasteiger partial charge in [0.05, 0.1) is 5.69 Å². The van der Waals surface area contributed by atoms with E-state index in [1.165, 1.54) is 0 Å². The molecule has 0 aliphatic rings. The second-order valence-electron chi connectivity index (χ2n) is 4.90. The molecule has 2 heterocycles. The van der Waals surface area contributed by atoms with E-state index in [1.54, 1.807) is 18.5 Å². The lowest BCUT2D eigenvalue weighted by Gasteiger charge is -2.10. The van der Waals surface area contributed by atoms with Crippen LogP contribution in [0.15, 0.2) is 48.8 Å². The van der Waals surface area contributed by atoms with E-state index < -0.39 is 0 Å². The predicted octanol–water partition coefficient (Wildman–Crippen LogP) is 2.76. The van der Waals surface area contributed by atoms with E-state index >= 15 is 0 Å². The molecule has 2 aromatic heterocycles. The number of nitrogen functional groups attached to an aromatic ring is 2. The number of pyridine rings is 1. The maximum atomic E-state index is 5.89. The van der Waals surface area contributed by atoms with E-state index in [9.17, 15) is 0 Å². The zero-order valence-electron chi connectivity index (χ0n) is 12.1. The monoisotopic (exact) mass is 292 g/mol. The van der Waals surface area contributed by atoms with Crippen LogP contribution >= 0.6 is 0 Å². The van der Waals surface area contributed by atoms with Gasteiger partial charge in [0.2, 0.25) is 5.95 Å². The Kier molecular flexibility index (Phi) is 3.57. The lowest BCUT2D eigenvalue weighted by molar-refractivity contribution is 1.16. The second-order valence-corrected chi connectivity index (χ2v) is 4.90. The molecule has 6 heteroatoms. The van der Waals surface area contributed by atoms with Gasteiger partial charge in [0.15, 0.2) is 0 Å². The van der Waals surface area contributed by atoms with Crippen LogP contribution in [0.3, 0.4) is 0 Å². The van der Waals surface area contributed by atoms with Crippen molar-refractivity contribution in [3.63, 3.8) is 0 Å². The van der Waals surface area contributed by atoms with Crippen molar-refractivity contribution in [3.8, 4) is 11.3 Å². The second kappa shape index (κ2) is 5.69. The Hall–Kier alpha value is -3.15. The highest BCUT2D eigenvalue weighted by molar-refractivity contribution is 5.72. The molecule has 110 valence electrons. The van der Waals surface area contributed by atoms with Gasteiger partial charge >= 0.3 is 0 Å². The predicted molar refractivity (Wildman–Crippen MR) is 88.5 cm³/mol. The van der Waals surface area contributed by atoms with E-state index in [-0.39, 0.29) is 0 Å². The Morgan fingerprint density at radius 3 is 2.68 bits per heavy atom. The van der Waals surface area contributed by atoms with E-state index in [0.717, 1.165) is 16.8 Å². The van der Waals surface area contributed by atoms with E-state index in [2.05, 4.69) is 20.3 Å². The number of aryl methyl sites for hydroxylation is 1. The first-order chi connectivity index (χ1) is 10.6. The largest absolute Gasteiger partial charge is 0.399 e. The molecule has 0 unspecified atom stereocenters. The molecular weight excluding hydrogens is 276 g/mol. The highest BCUT2D eigenvalue weighted by Gasteiger charge is 2.07. The number of nitrogens with two attached hydrogens (primary N) is 2. The third-order valence-corrected chi connectivity index (χ3v) is 3.28. The molecule has 0 saturated heterocycles. The van der Waals surface area contributed by atoms with Gasteiger partial charge in [0.1, 0.15) is 5.82 Å². The van der Waals surface area contributed by atoms with Crippen molar-refractivity contribution in [1.82, 2.24) is 15.0 Å². The Balaban J connectivity index is 1.95. The number of benzene rings is 1. The van der Waals surface area contributed by atoms with E-state index in [1.807, 2.05) is 37.3 Å². The SMILES string of the molecule is Cc1ccc(N)cc1Nc1nccc(-c2cccnc2N)n1. The van der Waals surface area contributed by atoms with Gasteiger partial charge in [-0.15, -0.1) is 0 Å². The molecule has 3 aromatic rings. The average molecular weight is 292 g/mol. The van der Waals surface area contributed by atoms with Crippen molar-refractivity contribution in [3.05, 3.63) is 54.4 Å². The highest BCUT2D eigenvalue weighted by Crippen LogP contribution is 2.24. The Morgan fingerprint density at radius 2 is 1.86 bits per heavy atom. The van der Waals surface area contributed by atoms with Crippen molar-refractivity contribution in [2.45, 2.75) is 6.92 Å². The van der Waals surface area contributed by atoms with Crippen molar-refractivity contribution >= 4 is 23.1 Å². The van der Waals surface area contributed by atoms with Crippen LogP contribution in [0.1, 0.15) is 5.56 Å². The number of nitrogens with one attached hydrogen (secondary N) is 1. The molecule has 0 saturated carbocycles. The molecule has 1 aromatic carbocycles. The van der Waals surface area contributed by atoms with E-state index in [0.29, 0.717) is 23.1 Å². The van der Waals surface area contributed by atoms with Crippen molar-refractivity contribution < 1.29 is 0 Å². The molecule has 0 spiro atoms. The number of nitrogens with zero attached hydrogens (tertiary/aromatic N) is 3. The summed E-state index contributed by atoms with van der Waals surface area (Å²) in [5.41, 5.74) is 15.8. The Morgan fingerprint density at radius 1 is 1.00 bits per heavy atom. The van der Waals surface area contributed by atoms with Gasteiger partial charge in [0, 0.05) is 29.3 Å². The molecule has 0 atom stereocenters. The minimum Gasteiger partial charge on any atom is -0.399 e. The maximum Gasteiger partial charge on any atom is 0.227 e. The molecule has 5 N–H and O–H groups in total. The Labute approximate surface area is 128 Å². The lowest BCUT2D eigenvalue weighted by atomic mass is 10.2. The van der Waals surface area contributed by atoms with Crippen molar-refractivity contribution in [1.29, 1.82) is 0 Å². The minimum atomic E-state index is 0.437. The van der Waals surface area contributed by atoms with Crippen LogP contribution in [0, 0.1) is 6.92 Å². The van der Waals surface area contributed by atoms with Gasteiger partial charge in [-0.2, -0.15) is 0 Å². The Bertz CT molecular complexity index is 815. The number of anilines is 4. The van der Waals surface area contributed by atoms with Crippen molar-refractivity contribution in [2.24, 2.45) is 0 Å². The van der Waals surface area contributed by atoms with Crippen LogP contribution in [-0.4, -0.2) is 15.0 Å². The first-order valence-corrected chi connectivity index (χ1v) is 6.80. The zero-order valence-corrected chi connectivity index (χ0v) is 12.1. The number of hydrogen-bond acceptors (Lipinski definition) is 6. The van der Waals surface area contributed by atoms with Crippen LogP contribution in [0.5, 0.6) is 0 Å². The van der Waals surface area contributed by atoms with Crippen LogP contribution in [-0.2, 0) is 0 Å². The molecule has 0 amide bonds. The van der Waals surface area contributed by atoms with E-state index in [4.69, 9.17) is 11.5 Å². The average Bonchev–Trinajstić information content (AvgIpc) is 2.52. The summed E-state index contributed by atoms with van der Waals surface area (Å²) in [6, 6.07) is 11.1. The quantitative estimate of drug-likeness (QED) is 0.641. The summed E-state index contributed by atoms with van der Waals surface area (Å²) >= 11 is 0. The molecule has 0 aliphatic carbocycles. The van der Waals surface area contributed by atoms with Gasteiger partial charge in [-0.25, -0.2) is 15.0 Å². The third-order valence-electron chi connectivity index (χ3n) is 3.28. The van der Waals surface area contributed by atoms with Gasteiger partial charge < -0.3 is 16.8 Å². The molecule has 0 fully saturated rings. The first kappa shape index (κ1) is 13.8. The van der Waals surface area contributed by atoms with Crippen LogP contribution in [0.4, 0.5) is 23.1 Å². The summed E-state index contributed by atoms with van der Waals surface area (Å²) in [4.78, 5) is 12.8. The fourth-order valence-electron chi connectivity index (χ4n) is 2.10. The van der Waals surface area contributed by atoms with Gasteiger partial charge in [0.25, 0.3) is 0 Å². The number of hydrogen-bond donors (Lipinski definition) is 3. The molecular formula is C16H16N6. The standard InChI is InChI=1S/C16H16N6/c1-10-4-5-11(17)9-14(10)22-16-20-8-6-13(21-16)12-3-2-7-19-15(12)18/h2-9H,17H2,1H3,(H2,18,19)(H,20,21,22). The molecule has 22 heavy (non-hydrogen) atoms. The molecule has 0 aliphatic heterocycles. The topological polar surface area (TPSA) is 103 Å². The van der Waals surface area contributed by atoms with Crippen molar-refractivity contribution in [2.75, 3.05) is 16.8 Å². The molecule has 6 nitrogen and oxygen atoms in total. The smallest absolute Gasteiger partial charge is 0.227 e. The van der Waals surface area contributed by atoms with Crippen LogP contribution in [0.25, 0.3) is 11.3 Å². The van der Waals surface area contributed by atoms with Crippen LogP contribution in [0.2, 0.25) is 0 Å². The number of rotatable bonds is 3. The van der Waals surface area contributed by atoms with Gasteiger partial charge in [-0.3, -0.25) is 0 Å². The minimum absolute atomic E-state index is 0.437. The summed E-state index contributed by atoms with van der Waals surface area (Å²) in [7, 11) is 0. The lowest BCUT2D eigenvalue weighted by Crippen LogP contribution is -2.01. The van der Waals surface area contributed by atoms with Gasteiger partial charge in [-0.1, -0.05) is 6.07 Å². The normalized spacial score (nSPS) is 10.4. The molecule has 0 radical (unpaired) electrons. The molecule has 3 rings (SSSR count). The fraction of sp³-hybridized carbons (Fsp3) is 0.0625. The summed E-state index contributed by atoms with van der Waals surface area (Å²) in [5.74, 6) is 0.918. The summed E-state index contributed by atoms with van der Waals surface area (Å²) in [5, 5.41) is 3.18. The molecule has 0 bridgehead atoms. The van der Waals surface area contributed by atoms with Crippen LogP contribution < -0.4 is 16.8 Å². The van der Waals surface area contributed by atoms with Gasteiger partial charge in [-0.05, 0) is 42.8 Å².